The van der Waals surface area contributed by atoms with Gasteiger partial charge in [0.1, 0.15) is 22.9 Å². The number of aromatic hydroxyl groups is 2. The van der Waals surface area contributed by atoms with Gasteiger partial charge in [-0.1, -0.05) is 17.7 Å². The van der Waals surface area contributed by atoms with Gasteiger partial charge in [-0.15, -0.1) is 0 Å². The van der Waals surface area contributed by atoms with E-state index in [1.54, 1.807) is 47.6 Å². The summed E-state index contributed by atoms with van der Waals surface area (Å²) in [5, 5.41) is 28.3. The molecule has 1 aliphatic heterocycles. The molecule has 1 aliphatic rings. The molecule has 2 aromatic heterocycles. The number of ether oxygens (including phenoxy) is 1. The second-order valence-corrected chi connectivity index (χ2v) is 8.03. The van der Waals surface area contributed by atoms with Gasteiger partial charge in [0.25, 0.3) is 5.91 Å². The smallest absolute Gasteiger partial charge is 0.273 e. The zero-order valence-electron chi connectivity index (χ0n) is 17.6. The number of phenols is 2. The molecule has 0 radical (unpaired) electrons. The Morgan fingerprint density at radius 3 is 2.76 bits per heavy atom. The van der Waals surface area contributed by atoms with E-state index in [0.29, 0.717) is 51.2 Å². The summed E-state index contributed by atoms with van der Waals surface area (Å²) in [7, 11) is 0. The number of hydrogen-bond acceptors (Lipinski definition) is 6. The highest BCUT2D eigenvalue weighted by Gasteiger charge is 2.43. The summed E-state index contributed by atoms with van der Waals surface area (Å²) in [5.41, 5.74) is 2.43. The molecule has 0 bridgehead atoms. The second-order valence-electron chi connectivity index (χ2n) is 7.60. The molecule has 2 aromatic carbocycles. The maximum atomic E-state index is 13.4. The van der Waals surface area contributed by atoms with Crippen molar-refractivity contribution in [1.82, 2.24) is 15.1 Å². The van der Waals surface area contributed by atoms with Crippen LogP contribution in [0.15, 0.2) is 59.2 Å². The predicted molar refractivity (Wildman–Crippen MR) is 120 cm³/mol. The van der Waals surface area contributed by atoms with Crippen molar-refractivity contribution < 1.29 is 24.2 Å². The molecule has 1 amide bonds. The van der Waals surface area contributed by atoms with E-state index in [1.165, 1.54) is 12.1 Å². The molecular weight excluding hydrogens is 446 g/mol. The fourth-order valence-corrected chi connectivity index (χ4v) is 4.32. The second kappa shape index (κ2) is 8.22. The van der Waals surface area contributed by atoms with Gasteiger partial charge >= 0.3 is 0 Å². The van der Waals surface area contributed by atoms with Crippen LogP contribution in [0.2, 0.25) is 5.02 Å². The lowest BCUT2D eigenvalue weighted by Crippen LogP contribution is -2.29. The Kier molecular flexibility index (Phi) is 5.22. The molecule has 3 heterocycles. The number of carbonyl (C=O) groups excluding carboxylic acids is 1. The van der Waals surface area contributed by atoms with Crippen LogP contribution in [0.5, 0.6) is 17.2 Å². The third kappa shape index (κ3) is 3.58. The number of benzene rings is 2. The summed E-state index contributed by atoms with van der Waals surface area (Å²) in [5.74, 6) is 0.650. The van der Waals surface area contributed by atoms with Crippen molar-refractivity contribution in [3.8, 4) is 28.5 Å². The first-order chi connectivity index (χ1) is 16.0. The van der Waals surface area contributed by atoms with Crippen molar-refractivity contribution in [1.29, 1.82) is 0 Å². The molecule has 0 saturated heterocycles. The third-order valence-electron chi connectivity index (χ3n) is 5.58. The van der Waals surface area contributed by atoms with Crippen LogP contribution in [0, 0.1) is 0 Å². The average molecular weight is 466 g/mol. The number of aromatic nitrogens is 2. The molecule has 8 nitrogen and oxygen atoms in total. The highest BCUT2D eigenvalue weighted by Crippen LogP contribution is 2.46. The van der Waals surface area contributed by atoms with Gasteiger partial charge in [0.2, 0.25) is 0 Å². The van der Waals surface area contributed by atoms with Gasteiger partial charge in [-0.2, -0.15) is 5.10 Å². The number of hydrogen-bond donors (Lipinski definition) is 3. The molecule has 168 valence electrons. The minimum atomic E-state index is -0.579. The normalized spacial score (nSPS) is 15.2. The zero-order valence-corrected chi connectivity index (χ0v) is 18.3. The van der Waals surface area contributed by atoms with E-state index in [0.717, 1.165) is 0 Å². The van der Waals surface area contributed by atoms with E-state index >= 15 is 0 Å². The molecule has 3 N–H and O–H groups in total. The molecule has 33 heavy (non-hydrogen) atoms. The molecule has 4 aromatic rings. The van der Waals surface area contributed by atoms with Gasteiger partial charge in [0.05, 0.1) is 25.5 Å². The first kappa shape index (κ1) is 21.0. The van der Waals surface area contributed by atoms with Crippen molar-refractivity contribution in [2.24, 2.45) is 0 Å². The Balaban J connectivity index is 1.69. The van der Waals surface area contributed by atoms with Crippen LogP contribution >= 0.6 is 11.6 Å². The number of phenolic OH excluding ortho intramolecular Hbond substituents is 2. The van der Waals surface area contributed by atoms with Gasteiger partial charge in [-0.3, -0.25) is 9.89 Å². The van der Waals surface area contributed by atoms with Crippen LogP contribution in [0.4, 0.5) is 0 Å². The fourth-order valence-electron chi connectivity index (χ4n) is 4.15. The van der Waals surface area contributed by atoms with Gasteiger partial charge < -0.3 is 24.3 Å². The number of nitrogens with zero attached hydrogens (tertiary/aromatic N) is 2. The number of nitrogens with one attached hydrogen (secondary N) is 1. The summed E-state index contributed by atoms with van der Waals surface area (Å²) in [4.78, 5) is 15.1. The SMILES string of the molecule is CCOc1cc(C2c3c(-c4cc(Cl)ccc4O)n[nH]c3C(=O)N2Cc2ccco2)ccc1O. The van der Waals surface area contributed by atoms with Crippen molar-refractivity contribution in [3.05, 3.63) is 82.4 Å². The summed E-state index contributed by atoms with van der Waals surface area (Å²) in [6, 6.07) is 12.6. The van der Waals surface area contributed by atoms with Crippen molar-refractivity contribution >= 4 is 17.5 Å². The van der Waals surface area contributed by atoms with Crippen molar-refractivity contribution in [2.45, 2.75) is 19.5 Å². The lowest BCUT2D eigenvalue weighted by Gasteiger charge is -2.26. The van der Waals surface area contributed by atoms with E-state index in [9.17, 15) is 15.0 Å². The Morgan fingerprint density at radius 2 is 2.00 bits per heavy atom. The van der Waals surface area contributed by atoms with E-state index in [-0.39, 0.29) is 24.0 Å². The highest BCUT2D eigenvalue weighted by molar-refractivity contribution is 6.31. The molecule has 1 unspecified atom stereocenters. The van der Waals surface area contributed by atoms with Gasteiger partial charge in [0.15, 0.2) is 11.5 Å². The number of aromatic amines is 1. The summed E-state index contributed by atoms with van der Waals surface area (Å²) in [6.07, 6.45) is 1.55. The number of carbonyl (C=O) groups is 1. The van der Waals surface area contributed by atoms with Crippen molar-refractivity contribution in [3.63, 3.8) is 0 Å². The maximum Gasteiger partial charge on any atom is 0.273 e. The molecule has 0 aliphatic carbocycles. The van der Waals surface area contributed by atoms with Crippen LogP contribution in [0.3, 0.4) is 0 Å². The molecule has 0 fully saturated rings. The van der Waals surface area contributed by atoms with Crippen LogP contribution in [0.1, 0.15) is 40.3 Å². The van der Waals surface area contributed by atoms with Crippen LogP contribution < -0.4 is 4.74 Å². The topological polar surface area (TPSA) is 112 Å². The highest BCUT2D eigenvalue weighted by atomic mass is 35.5. The molecule has 5 rings (SSSR count). The lowest BCUT2D eigenvalue weighted by atomic mass is 9.95. The quantitative estimate of drug-likeness (QED) is 0.374. The standard InChI is InChI=1S/C24H20ClN3O5/c1-2-32-19-10-13(5-7-18(19)30)23-20-21(16-11-14(25)6-8-17(16)29)26-27-22(20)24(31)28(23)12-15-4-3-9-33-15/h3-11,23,29-30H,2,12H2,1H3,(H,26,27). The number of furan rings is 1. The van der Waals surface area contributed by atoms with Gasteiger partial charge in [0, 0.05) is 16.1 Å². The van der Waals surface area contributed by atoms with Crippen molar-refractivity contribution in [2.75, 3.05) is 6.61 Å². The number of H-pyrrole nitrogens is 1. The van der Waals surface area contributed by atoms with Gasteiger partial charge in [-0.25, -0.2) is 0 Å². The zero-order chi connectivity index (χ0) is 23.1. The Labute approximate surface area is 194 Å². The molecule has 0 spiro atoms. The lowest BCUT2D eigenvalue weighted by molar-refractivity contribution is 0.0716. The molecule has 9 heteroatoms. The number of halogens is 1. The van der Waals surface area contributed by atoms with Crippen LogP contribution in [0.25, 0.3) is 11.3 Å². The Bertz CT molecular complexity index is 1330. The minimum absolute atomic E-state index is 0.00244. The summed E-state index contributed by atoms with van der Waals surface area (Å²) in [6.45, 7) is 2.41. The van der Waals surface area contributed by atoms with Crippen LogP contribution in [-0.4, -0.2) is 37.8 Å². The number of fused-ring (bicyclic) bond motifs is 1. The average Bonchev–Trinajstić information content (AvgIpc) is 3.52. The third-order valence-corrected chi connectivity index (χ3v) is 5.82. The summed E-state index contributed by atoms with van der Waals surface area (Å²) >= 11 is 6.18. The Hall–Kier alpha value is -3.91. The summed E-state index contributed by atoms with van der Waals surface area (Å²) < 4.78 is 11.1. The maximum absolute atomic E-state index is 13.4. The molecule has 1 atom stereocenters. The number of rotatable bonds is 6. The first-order valence-electron chi connectivity index (χ1n) is 10.3. The van der Waals surface area contributed by atoms with Crippen LogP contribution in [-0.2, 0) is 6.54 Å². The van der Waals surface area contributed by atoms with E-state index in [4.69, 9.17) is 20.8 Å². The minimum Gasteiger partial charge on any atom is -0.507 e. The molecule has 0 saturated carbocycles. The fraction of sp³-hybridized carbons (Fsp3) is 0.167. The Morgan fingerprint density at radius 1 is 1.18 bits per heavy atom. The number of amides is 1. The first-order valence-corrected chi connectivity index (χ1v) is 10.7. The monoisotopic (exact) mass is 465 g/mol. The van der Waals surface area contributed by atoms with E-state index in [1.807, 2.05) is 6.92 Å². The largest absolute Gasteiger partial charge is 0.507 e. The molecular formula is C24H20ClN3O5. The van der Waals surface area contributed by atoms with Gasteiger partial charge in [-0.05, 0) is 55.0 Å². The van der Waals surface area contributed by atoms with E-state index < -0.39 is 6.04 Å². The predicted octanol–water partition coefficient (Wildman–Crippen LogP) is 4.88. The van der Waals surface area contributed by atoms with E-state index in [2.05, 4.69) is 10.2 Å².